The highest BCUT2D eigenvalue weighted by Crippen LogP contribution is 2.55. The first-order chi connectivity index (χ1) is 19.3. The molecular formula is C34H44N3O3. The normalized spacial score (nSPS) is 27.1. The second-order valence-corrected chi connectivity index (χ2v) is 13.1. The van der Waals surface area contributed by atoms with Crippen LogP contribution >= 0.6 is 0 Å². The lowest BCUT2D eigenvalue weighted by molar-refractivity contribution is -0.131. The fraction of sp³-hybridized carbons (Fsp3) is 0.559. The van der Waals surface area contributed by atoms with E-state index in [1.807, 2.05) is 68.7 Å². The number of rotatable bonds is 13. The maximum Gasteiger partial charge on any atom is 0.243 e. The number of carbonyl (C=O) groups excluding carboxylic acids is 3. The zero-order chi connectivity index (χ0) is 28.1. The Bertz CT molecular complexity index is 1110. The molecule has 1 radical (unpaired) electrons. The van der Waals surface area contributed by atoms with E-state index in [0.29, 0.717) is 19.3 Å². The molecule has 6 heteroatoms. The summed E-state index contributed by atoms with van der Waals surface area (Å²) in [5.41, 5.74) is 2.06. The van der Waals surface area contributed by atoms with Crippen molar-refractivity contribution in [2.75, 3.05) is 0 Å². The van der Waals surface area contributed by atoms with Crippen LogP contribution < -0.4 is 16.0 Å². The Kier molecular flexibility index (Phi) is 9.04. The molecule has 0 unspecified atom stereocenters. The van der Waals surface area contributed by atoms with Crippen molar-refractivity contribution < 1.29 is 14.4 Å². The maximum atomic E-state index is 14.0. The minimum Gasteiger partial charge on any atom is -0.344 e. The lowest BCUT2D eigenvalue weighted by Crippen LogP contribution is -2.64. The molecule has 2 amide bonds. The van der Waals surface area contributed by atoms with Gasteiger partial charge in [0.25, 0.3) is 0 Å². The summed E-state index contributed by atoms with van der Waals surface area (Å²) in [6.45, 7) is 4.07. The smallest absolute Gasteiger partial charge is 0.243 e. The molecule has 4 fully saturated rings. The van der Waals surface area contributed by atoms with E-state index >= 15 is 0 Å². The van der Waals surface area contributed by atoms with Crippen molar-refractivity contribution in [1.82, 2.24) is 16.0 Å². The molecule has 6 rings (SSSR count). The van der Waals surface area contributed by atoms with Crippen LogP contribution in [0.4, 0.5) is 0 Å². The third-order valence-corrected chi connectivity index (χ3v) is 9.20. The largest absolute Gasteiger partial charge is 0.344 e. The van der Waals surface area contributed by atoms with Gasteiger partial charge in [-0.1, -0.05) is 74.5 Å². The van der Waals surface area contributed by atoms with Gasteiger partial charge in [-0.25, -0.2) is 0 Å². The standard InChI is InChI=1S/C34H44N3O3/c1-23(2)13-30(32(39)35-29(22-38)17-24-9-5-3-6-10-24)36-33(40)31(18-25-11-7-4-8-12-25)37-34-19-26-14-27(20-34)16-28(15-26)21-34/h3-12,23,26-31,37H,13-21H2,1-2H3,(H,35,39)(H,36,40)/t26?,27?,28?,29-,30+,31-,34?/m0/s1. The van der Waals surface area contributed by atoms with Crippen LogP contribution in [0.3, 0.4) is 0 Å². The Labute approximate surface area is 239 Å². The molecule has 0 spiro atoms. The molecule has 4 bridgehead atoms. The molecule has 2 aromatic rings. The van der Waals surface area contributed by atoms with Gasteiger partial charge in [-0.05, 0) is 86.2 Å². The van der Waals surface area contributed by atoms with Crippen LogP contribution in [0.2, 0.25) is 0 Å². The number of amides is 2. The van der Waals surface area contributed by atoms with Gasteiger partial charge < -0.3 is 10.6 Å². The fourth-order valence-electron chi connectivity index (χ4n) is 7.94. The predicted octanol–water partition coefficient (Wildman–Crippen LogP) is 4.52. The van der Waals surface area contributed by atoms with Gasteiger partial charge in [0.05, 0.1) is 12.1 Å². The monoisotopic (exact) mass is 542 g/mol. The first-order valence-corrected chi connectivity index (χ1v) is 15.1. The number of hydrogen-bond donors (Lipinski definition) is 3. The minimum absolute atomic E-state index is 0.00853. The average Bonchev–Trinajstić information content (AvgIpc) is 2.92. The van der Waals surface area contributed by atoms with Gasteiger partial charge in [0, 0.05) is 12.0 Å². The van der Waals surface area contributed by atoms with Crippen LogP contribution in [0.15, 0.2) is 60.7 Å². The van der Waals surface area contributed by atoms with E-state index < -0.39 is 18.1 Å². The Balaban J connectivity index is 1.30. The van der Waals surface area contributed by atoms with Crippen LogP contribution in [0.5, 0.6) is 0 Å². The topological polar surface area (TPSA) is 87.3 Å². The predicted molar refractivity (Wildman–Crippen MR) is 157 cm³/mol. The van der Waals surface area contributed by atoms with Crippen molar-refractivity contribution in [1.29, 1.82) is 0 Å². The third kappa shape index (κ3) is 7.20. The summed E-state index contributed by atoms with van der Waals surface area (Å²) in [7, 11) is 0. The van der Waals surface area contributed by atoms with E-state index in [1.54, 1.807) is 0 Å². The second-order valence-electron chi connectivity index (χ2n) is 13.1. The van der Waals surface area contributed by atoms with E-state index in [-0.39, 0.29) is 23.3 Å². The van der Waals surface area contributed by atoms with E-state index in [2.05, 4.69) is 28.1 Å². The summed E-state index contributed by atoms with van der Waals surface area (Å²) >= 11 is 0. The van der Waals surface area contributed by atoms with Crippen molar-refractivity contribution >= 4 is 18.1 Å². The number of benzene rings is 2. The minimum atomic E-state index is -0.772. The van der Waals surface area contributed by atoms with E-state index in [9.17, 15) is 14.4 Å². The molecule has 0 aromatic heterocycles. The highest BCUT2D eigenvalue weighted by Gasteiger charge is 2.52. The van der Waals surface area contributed by atoms with Crippen molar-refractivity contribution in [3.63, 3.8) is 0 Å². The quantitative estimate of drug-likeness (QED) is 0.347. The summed E-state index contributed by atoms with van der Waals surface area (Å²) < 4.78 is 0. The summed E-state index contributed by atoms with van der Waals surface area (Å²) in [6, 6.07) is 17.8. The Morgan fingerprint density at radius 2 is 1.27 bits per heavy atom. The summed E-state index contributed by atoms with van der Waals surface area (Å²) in [4.78, 5) is 39.2. The van der Waals surface area contributed by atoms with Gasteiger partial charge in [-0.2, -0.15) is 0 Å². The molecule has 213 valence electrons. The van der Waals surface area contributed by atoms with Crippen LogP contribution in [-0.4, -0.2) is 41.8 Å². The number of nitrogens with one attached hydrogen (secondary N) is 3. The highest BCUT2D eigenvalue weighted by molar-refractivity contribution is 5.91. The van der Waals surface area contributed by atoms with Crippen molar-refractivity contribution in [3.05, 3.63) is 71.8 Å². The van der Waals surface area contributed by atoms with Crippen molar-refractivity contribution in [2.45, 2.75) is 95.3 Å². The van der Waals surface area contributed by atoms with Gasteiger partial charge in [0.15, 0.2) is 0 Å². The molecular weight excluding hydrogens is 498 g/mol. The van der Waals surface area contributed by atoms with Crippen LogP contribution in [0.1, 0.15) is 69.9 Å². The Morgan fingerprint density at radius 1 is 0.775 bits per heavy atom. The maximum absolute atomic E-state index is 14.0. The first kappa shape index (κ1) is 28.5. The Morgan fingerprint density at radius 3 is 1.77 bits per heavy atom. The van der Waals surface area contributed by atoms with Gasteiger partial charge >= 0.3 is 0 Å². The molecule has 6 nitrogen and oxygen atoms in total. The van der Waals surface area contributed by atoms with Gasteiger partial charge in [-0.15, -0.1) is 0 Å². The SMILES string of the molecule is CC(C)C[C@@H](NC(=O)[C@H](Cc1ccccc1)NC12CC3CC(CC(C3)C1)C2)C(=O)N[C@H]([C]=O)Cc1ccccc1. The fourth-order valence-corrected chi connectivity index (χ4v) is 7.94. The molecule has 2 aromatic carbocycles. The van der Waals surface area contributed by atoms with E-state index in [4.69, 9.17) is 0 Å². The molecule has 4 aliphatic rings. The molecule has 4 saturated carbocycles. The van der Waals surface area contributed by atoms with Crippen LogP contribution in [-0.2, 0) is 27.2 Å². The van der Waals surface area contributed by atoms with E-state index in [0.717, 1.165) is 48.1 Å². The van der Waals surface area contributed by atoms with Gasteiger partial charge in [0.2, 0.25) is 18.1 Å². The summed E-state index contributed by atoms with van der Waals surface area (Å²) in [5, 5.41) is 9.83. The van der Waals surface area contributed by atoms with Gasteiger partial charge in [-0.3, -0.25) is 19.7 Å². The molecule has 3 atom stereocenters. The zero-order valence-corrected chi connectivity index (χ0v) is 23.9. The third-order valence-electron chi connectivity index (χ3n) is 9.20. The molecule has 4 aliphatic carbocycles. The molecule has 40 heavy (non-hydrogen) atoms. The van der Waals surface area contributed by atoms with Crippen LogP contribution in [0.25, 0.3) is 0 Å². The second kappa shape index (κ2) is 12.7. The number of carbonyl (C=O) groups is 2. The lowest BCUT2D eigenvalue weighted by Gasteiger charge is -2.58. The molecule has 0 aliphatic heterocycles. The van der Waals surface area contributed by atoms with Crippen LogP contribution in [0, 0.1) is 23.7 Å². The van der Waals surface area contributed by atoms with Gasteiger partial charge in [0.1, 0.15) is 6.04 Å². The Hall–Kier alpha value is -2.99. The first-order valence-electron chi connectivity index (χ1n) is 15.1. The molecule has 0 heterocycles. The zero-order valence-electron chi connectivity index (χ0n) is 23.9. The van der Waals surface area contributed by atoms with Crippen molar-refractivity contribution in [3.8, 4) is 0 Å². The average molecular weight is 543 g/mol. The molecule has 0 saturated heterocycles. The summed E-state index contributed by atoms with van der Waals surface area (Å²) in [6.07, 6.45) is 10.8. The molecule has 3 N–H and O–H groups in total. The highest BCUT2D eigenvalue weighted by atomic mass is 16.2. The van der Waals surface area contributed by atoms with Crippen molar-refractivity contribution in [2.24, 2.45) is 23.7 Å². The number of hydrogen-bond acceptors (Lipinski definition) is 4. The lowest BCUT2D eigenvalue weighted by atomic mass is 9.53. The summed E-state index contributed by atoms with van der Waals surface area (Å²) in [5.74, 6) is 2.00. The van der Waals surface area contributed by atoms with E-state index in [1.165, 1.54) is 19.3 Å².